The second kappa shape index (κ2) is 8.24. The van der Waals surface area contributed by atoms with E-state index in [1.165, 1.54) is 0 Å². The lowest BCUT2D eigenvalue weighted by Gasteiger charge is -2.25. The molecule has 0 saturated carbocycles. The zero-order chi connectivity index (χ0) is 15.0. The van der Waals surface area contributed by atoms with Crippen LogP contribution in [-0.4, -0.2) is 35.7 Å². The van der Waals surface area contributed by atoms with Crippen molar-refractivity contribution in [3.05, 3.63) is 18.2 Å². The molecule has 3 N–H and O–H groups in total. The van der Waals surface area contributed by atoms with E-state index in [9.17, 15) is 0 Å². The van der Waals surface area contributed by atoms with Crippen LogP contribution < -0.4 is 15.4 Å². The predicted molar refractivity (Wildman–Crippen MR) is 80.5 cm³/mol. The van der Waals surface area contributed by atoms with Crippen LogP contribution in [0.5, 0.6) is 5.88 Å². The number of nitrogens with two attached hydrogens (primary N) is 1. The second-order valence-corrected chi connectivity index (χ2v) is 4.95. The van der Waals surface area contributed by atoms with E-state index >= 15 is 0 Å². The molecule has 0 unspecified atom stereocenters. The zero-order valence-corrected chi connectivity index (χ0v) is 12.4. The Balaban J connectivity index is 2.83. The van der Waals surface area contributed by atoms with Gasteiger partial charge in [0.25, 0.3) is 0 Å². The standard InChI is InChI=1S/C14H24N4O2/c1-4-20-14-7-5-6-13(16-14)18(10-11(2)3)9-8-12(15)17-19/h5-7,11,19H,4,8-10H2,1-3H3,(H2,15,17). The number of hydrogen-bond acceptors (Lipinski definition) is 5. The molecule has 1 heterocycles. The molecule has 0 atom stereocenters. The van der Waals surface area contributed by atoms with Gasteiger partial charge in [-0.25, -0.2) is 0 Å². The van der Waals surface area contributed by atoms with Crippen LogP contribution in [0.1, 0.15) is 27.2 Å². The molecule has 0 bridgehead atoms. The number of pyridine rings is 1. The highest BCUT2D eigenvalue weighted by Crippen LogP contribution is 2.17. The van der Waals surface area contributed by atoms with Crippen molar-refractivity contribution in [1.82, 2.24) is 4.98 Å². The maximum absolute atomic E-state index is 8.62. The predicted octanol–water partition coefficient (Wildman–Crippen LogP) is 2.08. The summed E-state index contributed by atoms with van der Waals surface area (Å²) in [5.41, 5.74) is 5.54. The lowest BCUT2D eigenvalue weighted by Crippen LogP contribution is -2.32. The van der Waals surface area contributed by atoms with Gasteiger partial charge in [0.15, 0.2) is 0 Å². The van der Waals surface area contributed by atoms with E-state index in [1.807, 2.05) is 25.1 Å². The third kappa shape index (κ3) is 5.34. The molecule has 0 fully saturated rings. The molecule has 112 valence electrons. The van der Waals surface area contributed by atoms with Crippen molar-refractivity contribution < 1.29 is 9.94 Å². The first-order valence-electron chi connectivity index (χ1n) is 6.88. The Morgan fingerprint density at radius 1 is 1.50 bits per heavy atom. The molecular weight excluding hydrogens is 256 g/mol. The van der Waals surface area contributed by atoms with Gasteiger partial charge in [0, 0.05) is 25.6 Å². The number of ether oxygens (including phenoxy) is 1. The van der Waals surface area contributed by atoms with Gasteiger partial charge < -0.3 is 20.6 Å². The Morgan fingerprint density at radius 2 is 2.25 bits per heavy atom. The molecule has 1 aromatic rings. The van der Waals surface area contributed by atoms with Crippen LogP contribution >= 0.6 is 0 Å². The van der Waals surface area contributed by atoms with Crippen LogP contribution in [0, 0.1) is 5.92 Å². The van der Waals surface area contributed by atoms with E-state index in [-0.39, 0.29) is 5.84 Å². The Bertz CT molecular complexity index is 435. The summed E-state index contributed by atoms with van der Waals surface area (Å²) in [6, 6.07) is 5.70. The Kier molecular flexibility index (Phi) is 6.63. The fourth-order valence-electron chi connectivity index (χ4n) is 1.85. The molecule has 20 heavy (non-hydrogen) atoms. The Hall–Kier alpha value is -1.98. The molecule has 0 radical (unpaired) electrons. The van der Waals surface area contributed by atoms with Crippen molar-refractivity contribution >= 4 is 11.7 Å². The average Bonchev–Trinajstić information content (AvgIpc) is 2.43. The second-order valence-electron chi connectivity index (χ2n) is 4.95. The molecule has 0 aromatic carbocycles. The molecule has 0 aliphatic rings. The molecule has 0 spiro atoms. The number of hydrogen-bond donors (Lipinski definition) is 2. The minimum atomic E-state index is 0.222. The molecule has 0 aliphatic carbocycles. The third-order valence-electron chi connectivity index (χ3n) is 2.68. The molecule has 1 rings (SSSR count). The summed E-state index contributed by atoms with van der Waals surface area (Å²) >= 11 is 0. The van der Waals surface area contributed by atoms with Gasteiger partial charge in [0.05, 0.1) is 6.61 Å². The number of nitrogens with zero attached hydrogens (tertiary/aromatic N) is 3. The van der Waals surface area contributed by atoms with Gasteiger partial charge in [0.2, 0.25) is 5.88 Å². The van der Waals surface area contributed by atoms with Gasteiger partial charge in [-0.1, -0.05) is 25.1 Å². The third-order valence-corrected chi connectivity index (χ3v) is 2.68. The van der Waals surface area contributed by atoms with Crippen molar-refractivity contribution in [2.75, 3.05) is 24.6 Å². The lowest BCUT2D eigenvalue weighted by molar-refractivity contribution is 0.317. The van der Waals surface area contributed by atoms with E-state index in [2.05, 4.69) is 28.9 Å². The minimum absolute atomic E-state index is 0.222. The van der Waals surface area contributed by atoms with E-state index in [4.69, 9.17) is 15.7 Å². The van der Waals surface area contributed by atoms with E-state index < -0.39 is 0 Å². The highest BCUT2D eigenvalue weighted by Gasteiger charge is 2.11. The average molecular weight is 280 g/mol. The van der Waals surface area contributed by atoms with Gasteiger partial charge in [-0.05, 0) is 18.9 Å². The summed E-state index contributed by atoms with van der Waals surface area (Å²) in [7, 11) is 0. The maximum Gasteiger partial charge on any atom is 0.215 e. The van der Waals surface area contributed by atoms with Crippen LogP contribution in [0.15, 0.2) is 23.4 Å². The van der Waals surface area contributed by atoms with Gasteiger partial charge in [-0.15, -0.1) is 0 Å². The van der Waals surface area contributed by atoms with Gasteiger partial charge in [-0.3, -0.25) is 0 Å². The van der Waals surface area contributed by atoms with Crippen molar-refractivity contribution in [2.24, 2.45) is 16.8 Å². The quantitative estimate of drug-likeness (QED) is 0.330. The first-order chi connectivity index (χ1) is 9.56. The van der Waals surface area contributed by atoms with Crippen LogP contribution in [0.25, 0.3) is 0 Å². The highest BCUT2D eigenvalue weighted by atomic mass is 16.5. The SMILES string of the molecule is CCOc1cccc(N(CCC(N)=NO)CC(C)C)n1. The Labute approximate surface area is 120 Å². The van der Waals surface area contributed by atoms with Crippen LogP contribution in [0.3, 0.4) is 0 Å². The summed E-state index contributed by atoms with van der Waals surface area (Å²) in [6.07, 6.45) is 0.490. The van der Waals surface area contributed by atoms with E-state index in [1.54, 1.807) is 0 Å². The molecule has 0 amide bonds. The fourth-order valence-corrected chi connectivity index (χ4v) is 1.85. The van der Waals surface area contributed by atoms with Crippen molar-refractivity contribution in [2.45, 2.75) is 27.2 Å². The fraction of sp³-hybridized carbons (Fsp3) is 0.571. The molecule has 0 aliphatic heterocycles. The summed E-state index contributed by atoms with van der Waals surface area (Å²) < 4.78 is 5.42. The molecule has 0 saturated heterocycles. The molecular formula is C14H24N4O2. The first-order valence-corrected chi connectivity index (χ1v) is 6.88. The first kappa shape index (κ1) is 16.1. The van der Waals surface area contributed by atoms with Gasteiger partial charge >= 0.3 is 0 Å². The molecule has 6 nitrogen and oxygen atoms in total. The summed E-state index contributed by atoms with van der Waals surface area (Å²) in [6.45, 7) is 8.30. The number of rotatable bonds is 8. The largest absolute Gasteiger partial charge is 0.478 e. The Morgan fingerprint density at radius 3 is 2.85 bits per heavy atom. The van der Waals surface area contributed by atoms with Crippen molar-refractivity contribution in [1.29, 1.82) is 0 Å². The van der Waals surface area contributed by atoms with Crippen molar-refractivity contribution in [3.8, 4) is 5.88 Å². The number of oxime groups is 1. The number of aromatic nitrogens is 1. The van der Waals surface area contributed by atoms with Crippen LogP contribution in [-0.2, 0) is 0 Å². The van der Waals surface area contributed by atoms with E-state index in [0.717, 1.165) is 12.4 Å². The van der Waals surface area contributed by atoms with E-state index in [0.29, 0.717) is 31.4 Å². The maximum atomic E-state index is 8.62. The zero-order valence-electron chi connectivity index (χ0n) is 12.4. The summed E-state index contributed by atoms with van der Waals surface area (Å²) in [5, 5.41) is 11.6. The lowest BCUT2D eigenvalue weighted by atomic mass is 10.2. The summed E-state index contributed by atoms with van der Waals surface area (Å²) in [5.74, 6) is 2.16. The monoisotopic (exact) mass is 280 g/mol. The van der Waals surface area contributed by atoms with Crippen LogP contribution in [0.2, 0.25) is 0 Å². The van der Waals surface area contributed by atoms with Crippen LogP contribution in [0.4, 0.5) is 5.82 Å². The smallest absolute Gasteiger partial charge is 0.215 e. The summed E-state index contributed by atoms with van der Waals surface area (Å²) in [4.78, 5) is 6.60. The number of anilines is 1. The topological polar surface area (TPSA) is 84.0 Å². The minimum Gasteiger partial charge on any atom is -0.478 e. The van der Waals surface area contributed by atoms with Gasteiger partial charge in [-0.2, -0.15) is 4.98 Å². The normalized spacial score (nSPS) is 11.7. The highest BCUT2D eigenvalue weighted by molar-refractivity contribution is 5.80. The van der Waals surface area contributed by atoms with Crippen molar-refractivity contribution in [3.63, 3.8) is 0 Å². The molecule has 6 heteroatoms. The van der Waals surface area contributed by atoms with Gasteiger partial charge in [0.1, 0.15) is 11.7 Å². The molecule has 1 aromatic heterocycles. The number of amidine groups is 1.